The Kier molecular flexibility index (Phi) is 12.9. The van der Waals surface area contributed by atoms with Crippen molar-refractivity contribution in [1.82, 2.24) is 10.6 Å². The van der Waals surface area contributed by atoms with Gasteiger partial charge in [-0.25, -0.2) is 14.6 Å². The van der Waals surface area contributed by atoms with Gasteiger partial charge < -0.3 is 46.3 Å². The normalized spacial score (nSPS) is 14.9. The van der Waals surface area contributed by atoms with E-state index in [1.54, 1.807) is 74.6 Å². The molecule has 6 rings (SSSR count). The number of amidine groups is 1. The Morgan fingerprint density at radius 3 is 2.43 bits per heavy atom. The number of carbonyl (C=O) groups is 3. The van der Waals surface area contributed by atoms with Crippen molar-refractivity contribution in [3.8, 4) is 11.5 Å². The minimum absolute atomic E-state index is 0.0241. The summed E-state index contributed by atoms with van der Waals surface area (Å²) >= 11 is 1.12. The number of amides is 3. The quantitative estimate of drug-likeness (QED) is 0.0528. The van der Waals surface area contributed by atoms with Crippen LogP contribution >= 0.6 is 11.8 Å². The lowest BCUT2D eigenvalue weighted by atomic mass is 10.1. The Morgan fingerprint density at radius 2 is 1.71 bits per heavy atom. The number of para-hydroxylation sites is 1. The monoisotopic (exact) mass is 775 g/mol. The lowest BCUT2D eigenvalue weighted by molar-refractivity contribution is -0.138. The third-order valence-electron chi connectivity index (χ3n) is 8.33. The van der Waals surface area contributed by atoms with Crippen molar-refractivity contribution in [3.63, 3.8) is 0 Å². The number of aliphatic imine (C=N–C) groups is 2. The Morgan fingerprint density at radius 1 is 0.946 bits per heavy atom. The first-order valence-corrected chi connectivity index (χ1v) is 18.7. The number of hydrogen-bond donors (Lipinski definition) is 7. The summed E-state index contributed by atoms with van der Waals surface area (Å²) in [5.74, 6) is -0.331. The number of aliphatic hydroxyl groups is 1. The largest absolute Gasteiger partial charge is 0.506 e. The molecule has 0 aliphatic carbocycles. The van der Waals surface area contributed by atoms with Crippen LogP contribution in [0.3, 0.4) is 0 Å². The number of phenols is 1. The summed E-state index contributed by atoms with van der Waals surface area (Å²) in [6.07, 6.45) is 2.07. The van der Waals surface area contributed by atoms with Crippen LogP contribution in [0.4, 0.5) is 27.5 Å². The van der Waals surface area contributed by atoms with Crippen LogP contribution in [0.15, 0.2) is 117 Å². The summed E-state index contributed by atoms with van der Waals surface area (Å²) < 4.78 is 10.9. The molecule has 4 aromatic rings. The summed E-state index contributed by atoms with van der Waals surface area (Å²) in [5, 5.41) is 36.7. The number of thioether (sulfide) groups is 1. The average molecular weight is 776 g/mol. The van der Waals surface area contributed by atoms with Gasteiger partial charge in [-0.05, 0) is 91.7 Å². The fourth-order valence-electron chi connectivity index (χ4n) is 5.64. The molecule has 0 radical (unpaired) electrons. The van der Waals surface area contributed by atoms with Crippen LogP contribution in [-0.4, -0.2) is 78.9 Å². The topological polar surface area (TPSA) is 195 Å². The zero-order valence-electron chi connectivity index (χ0n) is 30.7. The molecule has 15 heteroatoms. The third kappa shape index (κ3) is 10.1. The molecule has 0 spiro atoms. The Labute approximate surface area is 327 Å². The molecule has 4 aromatic carbocycles. The van der Waals surface area contributed by atoms with Crippen molar-refractivity contribution in [2.75, 3.05) is 55.8 Å². The maximum atomic E-state index is 13.1. The van der Waals surface area contributed by atoms with Gasteiger partial charge in [0, 0.05) is 48.3 Å². The summed E-state index contributed by atoms with van der Waals surface area (Å²) in [5.41, 5.74) is 4.10. The highest BCUT2D eigenvalue weighted by atomic mass is 32.2. The van der Waals surface area contributed by atoms with Gasteiger partial charge in [-0.1, -0.05) is 36.0 Å². The third-order valence-corrected chi connectivity index (χ3v) is 9.35. The Hall–Kier alpha value is -6.74. The number of nitrogens with one attached hydrogen (secondary N) is 5. The van der Waals surface area contributed by atoms with E-state index in [9.17, 15) is 24.6 Å². The van der Waals surface area contributed by atoms with E-state index in [1.807, 2.05) is 30.3 Å². The number of urea groups is 1. The number of rotatable bonds is 14. The molecule has 56 heavy (non-hydrogen) atoms. The van der Waals surface area contributed by atoms with Crippen LogP contribution in [0.25, 0.3) is 6.08 Å². The lowest BCUT2D eigenvalue weighted by Crippen LogP contribution is -2.26. The van der Waals surface area contributed by atoms with E-state index in [-0.39, 0.29) is 48.5 Å². The zero-order chi connectivity index (χ0) is 39.4. The molecule has 0 bridgehead atoms. The summed E-state index contributed by atoms with van der Waals surface area (Å²) in [4.78, 5) is 47.8. The smallest absolute Gasteiger partial charge is 0.344 e. The predicted octanol–water partition coefficient (Wildman–Crippen LogP) is 6.82. The van der Waals surface area contributed by atoms with E-state index >= 15 is 0 Å². The molecular formula is C41H41N7O7S. The van der Waals surface area contributed by atoms with Gasteiger partial charge in [0.15, 0.2) is 11.5 Å². The van der Waals surface area contributed by atoms with Crippen molar-refractivity contribution < 1.29 is 34.1 Å². The molecule has 3 amide bonds. The van der Waals surface area contributed by atoms with Gasteiger partial charge in [-0.15, -0.1) is 0 Å². The van der Waals surface area contributed by atoms with Gasteiger partial charge in [0.25, 0.3) is 5.91 Å². The summed E-state index contributed by atoms with van der Waals surface area (Å²) in [6, 6.07) is 25.7. The number of carbonyl (C=O) groups excluding carboxylic acids is 3. The average Bonchev–Trinajstić information content (AvgIpc) is 3.84. The first kappa shape index (κ1) is 39.0. The van der Waals surface area contributed by atoms with Crippen molar-refractivity contribution in [2.45, 2.75) is 13.3 Å². The number of ether oxygens (including phenoxy) is 2. The molecule has 0 atom stereocenters. The molecule has 0 saturated carbocycles. The van der Waals surface area contributed by atoms with Crippen LogP contribution in [0.1, 0.15) is 34.8 Å². The molecule has 7 N–H and O–H groups in total. The highest BCUT2D eigenvalue weighted by Gasteiger charge is 2.33. The van der Waals surface area contributed by atoms with Crippen molar-refractivity contribution in [3.05, 3.63) is 124 Å². The summed E-state index contributed by atoms with van der Waals surface area (Å²) in [6.45, 7) is 3.85. The number of aromatic hydroxyl groups is 1. The molecule has 0 unspecified atom stereocenters. The molecule has 0 fully saturated rings. The Balaban J connectivity index is 1.00. The molecule has 288 valence electrons. The number of aliphatic hydroxyl groups excluding tert-OH is 1. The van der Waals surface area contributed by atoms with E-state index in [0.29, 0.717) is 50.2 Å². The molecule has 0 saturated heterocycles. The minimum Gasteiger partial charge on any atom is -0.506 e. The van der Waals surface area contributed by atoms with Crippen LogP contribution in [0.5, 0.6) is 11.5 Å². The van der Waals surface area contributed by atoms with Crippen LogP contribution in [0, 0.1) is 0 Å². The number of hydrogen-bond acceptors (Lipinski definition) is 12. The molecule has 2 aliphatic heterocycles. The maximum absolute atomic E-state index is 13.1. The molecule has 2 aliphatic rings. The van der Waals surface area contributed by atoms with E-state index in [4.69, 9.17) is 9.47 Å². The number of nitrogens with zero attached hydrogens (tertiary/aromatic N) is 2. The zero-order valence-corrected chi connectivity index (χ0v) is 31.5. The fraction of sp³-hybridized carbons (Fsp3) is 0.195. The predicted molar refractivity (Wildman–Crippen MR) is 220 cm³/mol. The second kappa shape index (κ2) is 18.5. The standard InChI is InChI=1S/C41H41N7O7S/c1-3-54-40(52)35-36(50)34(56-39(35)46-28-8-5-4-6-9-28)21-25-10-15-33(32(49)20-25)55-19-7-16-45-38(51)27-22-30(42-2)24-31(23-27)48-41(53)47-29-13-11-26(12-14-29)37-43-17-18-44-37/h4-6,8-15,20-24,42,49-50H,3,7,16-19H2,1-2H3,(H,43,44)(H,45,51)(H2,47,48,53)/b34-21-,46-39?. The maximum Gasteiger partial charge on any atom is 0.344 e. The highest BCUT2D eigenvalue weighted by molar-refractivity contribution is 8.18. The number of phenolic OH excluding ortho intramolecular Hbond substituents is 1. The fourth-order valence-corrected chi connectivity index (χ4v) is 6.67. The first-order chi connectivity index (χ1) is 27.2. The van der Waals surface area contributed by atoms with E-state index in [1.165, 1.54) is 6.07 Å². The molecular weight excluding hydrogens is 735 g/mol. The molecule has 2 heterocycles. The number of esters is 1. The number of benzene rings is 4. The van der Waals surface area contributed by atoms with Crippen molar-refractivity contribution >= 4 is 69.4 Å². The summed E-state index contributed by atoms with van der Waals surface area (Å²) in [7, 11) is 1.72. The first-order valence-electron chi connectivity index (χ1n) is 17.9. The van der Waals surface area contributed by atoms with Crippen molar-refractivity contribution in [2.24, 2.45) is 9.98 Å². The molecule has 14 nitrogen and oxygen atoms in total. The van der Waals surface area contributed by atoms with Crippen LogP contribution in [0.2, 0.25) is 0 Å². The van der Waals surface area contributed by atoms with Gasteiger partial charge in [0.2, 0.25) is 0 Å². The SMILES string of the molecule is CCOC(=O)C1=C(O)/C(=C/c2ccc(OCCCNC(=O)c3cc(NC)cc(NC(=O)Nc4ccc(C5=NCCN5)cc4)c3)c(O)c2)SC1=Nc1ccccc1. The van der Waals surface area contributed by atoms with Crippen LogP contribution in [-0.2, 0) is 9.53 Å². The van der Waals surface area contributed by atoms with Crippen molar-refractivity contribution in [1.29, 1.82) is 0 Å². The molecule has 0 aromatic heterocycles. The lowest BCUT2D eigenvalue weighted by Gasteiger charge is -2.13. The Bertz CT molecular complexity index is 2220. The van der Waals surface area contributed by atoms with E-state index in [2.05, 4.69) is 36.6 Å². The minimum atomic E-state index is -0.682. The number of anilines is 3. The van der Waals surface area contributed by atoms with E-state index < -0.39 is 12.0 Å². The highest BCUT2D eigenvalue weighted by Crippen LogP contribution is 2.41. The van der Waals surface area contributed by atoms with E-state index in [0.717, 1.165) is 36.3 Å². The van der Waals surface area contributed by atoms with Gasteiger partial charge in [-0.2, -0.15) is 0 Å². The van der Waals surface area contributed by atoms with Gasteiger partial charge >= 0.3 is 12.0 Å². The van der Waals surface area contributed by atoms with Gasteiger partial charge in [0.05, 0.1) is 30.4 Å². The van der Waals surface area contributed by atoms with Gasteiger partial charge in [-0.3, -0.25) is 9.79 Å². The second-order valence-corrected chi connectivity index (χ2v) is 13.4. The van der Waals surface area contributed by atoms with Gasteiger partial charge in [0.1, 0.15) is 22.2 Å². The van der Waals surface area contributed by atoms with Crippen LogP contribution < -0.4 is 31.3 Å². The second-order valence-electron chi connectivity index (χ2n) is 12.4.